The van der Waals surface area contributed by atoms with Crippen LogP contribution in [0.15, 0.2) is 36.4 Å². The van der Waals surface area contributed by atoms with Gasteiger partial charge in [0.05, 0.1) is 5.56 Å². The van der Waals surface area contributed by atoms with Crippen molar-refractivity contribution in [2.24, 2.45) is 0 Å². The normalized spacial score (nSPS) is 13.9. The number of alkyl halides is 3. The minimum absolute atomic E-state index is 0.401. The Bertz CT molecular complexity index is 662. The monoisotopic (exact) mass is 328 g/mol. The molecular formula is C14H11F3N2O4. The van der Waals surface area contributed by atoms with Gasteiger partial charge in [0, 0.05) is 5.56 Å². The molecule has 2 N–H and O–H groups in total. The molecule has 0 aliphatic rings. The van der Waals surface area contributed by atoms with Gasteiger partial charge in [-0.05, 0) is 25.1 Å². The smallest absolute Gasteiger partial charge is 0.398 e. The van der Waals surface area contributed by atoms with Crippen molar-refractivity contribution in [3.63, 3.8) is 0 Å². The maximum Gasteiger partial charge on any atom is 0.417 e. The number of hydrogen-bond donors (Lipinski definition) is 2. The highest BCUT2D eigenvalue weighted by Crippen LogP contribution is 2.31. The lowest BCUT2D eigenvalue weighted by Crippen LogP contribution is -2.38. The van der Waals surface area contributed by atoms with Crippen molar-refractivity contribution in [3.05, 3.63) is 47.5 Å². The number of carbonyl (C=O) groups is 2. The van der Waals surface area contributed by atoms with E-state index < -0.39 is 35.1 Å². The number of allylic oxidation sites excluding steroid dienone is 1. The van der Waals surface area contributed by atoms with Crippen LogP contribution in [0.3, 0.4) is 0 Å². The van der Waals surface area contributed by atoms with Gasteiger partial charge in [0.2, 0.25) is 0 Å². The fourth-order valence-electron chi connectivity index (χ4n) is 1.48. The lowest BCUT2D eigenvalue weighted by atomic mass is 10.0. The van der Waals surface area contributed by atoms with Crippen molar-refractivity contribution in [1.29, 1.82) is 5.26 Å². The molecule has 1 aromatic rings. The highest BCUT2D eigenvalue weighted by atomic mass is 19.4. The van der Waals surface area contributed by atoms with Crippen molar-refractivity contribution in [2.75, 3.05) is 0 Å². The zero-order valence-corrected chi connectivity index (χ0v) is 11.7. The molecule has 1 unspecified atom stereocenters. The Hall–Kier alpha value is -2.86. The third-order valence-electron chi connectivity index (χ3n) is 2.54. The van der Waals surface area contributed by atoms with E-state index in [1.807, 2.05) is 0 Å². The molecule has 2 amide bonds. The van der Waals surface area contributed by atoms with Crippen LogP contribution in [0.2, 0.25) is 0 Å². The van der Waals surface area contributed by atoms with Crippen LogP contribution < -0.4 is 5.32 Å². The lowest BCUT2D eigenvalue weighted by molar-refractivity contribution is -0.138. The molecule has 122 valence electrons. The van der Waals surface area contributed by atoms with Gasteiger partial charge in [-0.2, -0.15) is 18.4 Å². The largest absolute Gasteiger partial charge is 0.417 e. The molecule has 1 aromatic carbocycles. The second kappa shape index (κ2) is 6.93. The van der Waals surface area contributed by atoms with E-state index in [2.05, 4.69) is 4.74 Å². The maximum atomic E-state index is 12.5. The number of nitrogens with zero attached hydrogens (tertiary/aromatic N) is 1. The molecule has 0 aromatic heterocycles. The number of aliphatic hydroxyl groups is 1. The number of alkyl carbamates (subject to hydrolysis) is 1. The molecule has 0 saturated heterocycles. The van der Waals surface area contributed by atoms with Gasteiger partial charge in [-0.1, -0.05) is 18.2 Å². The predicted molar refractivity (Wildman–Crippen MR) is 70.4 cm³/mol. The summed E-state index contributed by atoms with van der Waals surface area (Å²) in [5, 5.41) is 20.6. The summed E-state index contributed by atoms with van der Waals surface area (Å²) in [5.74, 6) is -3.70. The average Bonchev–Trinajstić information content (AvgIpc) is 2.46. The molecule has 0 heterocycles. The number of imide groups is 1. The first-order valence-corrected chi connectivity index (χ1v) is 6.10. The number of carbonyl (C=O) groups excluding carboxylic acids is 2. The van der Waals surface area contributed by atoms with E-state index in [4.69, 9.17) is 5.26 Å². The third kappa shape index (κ3) is 4.82. The van der Waals surface area contributed by atoms with Crippen LogP contribution in [0.5, 0.6) is 0 Å². The quantitative estimate of drug-likeness (QED) is 0.503. The van der Waals surface area contributed by atoms with E-state index >= 15 is 0 Å². The van der Waals surface area contributed by atoms with Crippen molar-refractivity contribution in [2.45, 2.75) is 18.9 Å². The Morgan fingerprint density at radius 2 is 1.78 bits per heavy atom. The van der Waals surface area contributed by atoms with E-state index in [0.717, 1.165) is 18.2 Å². The molecule has 0 radical (unpaired) electrons. The summed E-state index contributed by atoms with van der Waals surface area (Å²) >= 11 is 0. The van der Waals surface area contributed by atoms with E-state index in [0.29, 0.717) is 12.1 Å². The first kappa shape index (κ1) is 18.2. The molecular weight excluding hydrogens is 317 g/mol. The van der Waals surface area contributed by atoms with Crippen LogP contribution in [0.4, 0.5) is 18.0 Å². The van der Waals surface area contributed by atoms with E-state index in [9.17, 15) is 27.9 Å². The van der Waals surface area contributed by atoms with Crippen LogP contribution in [-0.4, -0.2) is 17.1 Å². The van der Waals surface area contributed by atoms with Crippen molar-refractivity contribution in [3.8, 4) is 6.07 Å². The van der Waals surface area contributed by atoms with Gasteiger partial charge in [-0.15, -0.1) is 0 Å². The SMILES string of the molecule is C/C=C/C(=O)NC(=O)OC(O)(C#N)c1ccc(C(F)(F)F)cc1. The number of nitriles is 1. The summed E-state index contributed by atoms with van der Waals surface area (Å²) < 4.78 is 41.8. The number of nitrogens with one attached hydrogen (secondary N) is 1. The molecule has 0 saturated carbocycles. The standard InChI is InChI=1S/C14H11F3N2O4/c1-2-3-11(20)19-12(21)23-13(22,8-18)9-4-6-10(7-5-9)14(15,16)17/h2-7,22H,1H3,(H,19,20,21)/b3-2+. The van der Waals surface area contributed by atoms with Gasteiger partial charge in [0.15, 0.2) is 0 Å². The Balaban J connectivity index is 2.95. The molecule has 1 atom stereocenters. The summed E-state index contributed by atoms with van der Waals surface area (Å²) in [4.78, 5) is 22.6. The van der Waals surface area contributed by atoms with Crippen molar-refractivity contribution in [1.82, 2.24) is 5.32 Å². The van der Waals surface area contributed by atoms with Gasteiger partial charge in [-0.25, -0.2) is 4.79 Å². The predicted octanol–water partition coefficient (Wildman–Crippen LogP) is 2.20. The summed E-state index contributed by atoms with van der Waals surface area (Å²) in [6, 6.07) is 4.05. The number of amides is 2. The summed E-state index contributed by atoms with van der Waals surface area (Å²) in [7, 11) is 0. The number of benzene rings is 1. The zero-order chi connectivity index (χ0) is 17.7. The van der Waals surface area contributed by atoms with Gasteiger partial charge >= 0.3 is 18.1 Å². The van der Waals surface area contributed by atoms with Crippen LogP contribution in [0.25, 0.3) is 0 Å². The third-order valence-corrected chi connectivity index (χ3v) is 2.54. The van der Waals surface area contributed by atoms with Crippen LogP contribution in [0, 0.1) is 11.3 Å². The molecule has 0 bridgehead atoms. The molecule has 0 aliphatic carbocycles. The van der Waals surface area contributed by atoms with E-state index in [-0.39, 0.29) is 0 Å². The zero-order valence-electron chi connectivity index (χ0n) is 11.7. The Kier molecular flexibility index (Phi) is 5.48. The molecule has 23 heavy (non-hydrogen) atoms. The molecule has 0 aliphatic heterocycles. The number of rotatable bonds is 3. The number of halogens is 3. The lowest BCUT2D eigenvalue weighted by Gasteiger charge is -2.21. The highest BCUT2D eigenvalue weighted by Gasteiger charge is 2.36. The van der Waals surface area contributed by atoms with Crippen molar-refractivity contribution < 1.29 is 32.6 Å². The number of ether oxygens (including phenoxy) is 1. The van der Waals surface area contributed by atoms with E-state index in [1.165, 1.54) is 19.1 Å². The minimum Gasteiger partial charge on any atom is -0.398 e. The van der Waals surface area contributed by atoms with Crippen LogP contribution >= 0.6 is 0 Å². The van der Waals surface area contributed by atoms with Crippen molar-refractivity contribution >= 4 is 12.0 Å². The highest BCUT2D eigenvalue weighted by molar-refractivity contribution is 5.98. The van der Waals surface area contributed by atoms with Crippen LogP contribution in [0.1, 0.15) is 18.1 Å². The Labute approximate surface area is 128 Å². The first-order valence-electron chi connectivity index (χ1n) is 6.10. The topological polar surface area (TPSA) is 99.4 Å². The van der Waals surface area contributed by atoms with Gasteiger partial charge in [0.25, 0.3) is 5.91 Å². The molecule has 0 fully saturated rings. The fourth-order valence-corrected chi connectivity index (χ4v) is 1.48. The second-order valence-corrected chi connectivity index (χ2v) is 4.21. The second-order valence-electron chi connectivity index (χ2n) is 4.21. The molecule has 0 spiro atoms. The van der Waals surface area contributed by atoms with Crippen LogP contribution in [-0.2, 0) is 21.5 Å². The summed E-state index contributed by atoms with van der Waals surface area (Å²) in [6.07, 6.45) is -3.71. The average molecular weight is 328 g/mol. The van der Waals surface area contributed by atoms with Gasteiger partial charge < -0.3 is 9.84 Å². The van der Waals surface area contributed by atoms with Gasteiger partial charge in [-0.3, -0.25) is 10.1 Å². The Morgan fingerprint density at radius 3 is 2.22 bits per heavy atom. The fraction of sp³-hybridized carbons (Fsp3) is 0.214. The molecule has 6 nitrogen and oxygen atoms in total. The molecule has 9 heteroatoms. The van der Waals surface area contributed by atoms with E-state index in [1.54, 1.807) is 5.32 Å². The van der Waals surface area contributed by atoms with Gasteiger partial charge in [0.1, 0.15) is 6.07 Å². The first-order chi connectivity index (χ1) is 10.6. The Morgan fingerprint density at radius 1 is 1.26 bits per heavy atom. The minimum atomic E-state index is -4.60. The number of hydrogen-bond acceptors (Lipinski definition) is 5. The molecule has 1 rings (SSSR count). The summed E-state index contributed by atoms with van der Waals surface area (Å²) in [6.45, 7) is 1.51. The maximum absolute atomic E-state index is 12.5. The summed E-state index contributed by atoms with van der Waals surface area (Å²) in [5.41, 5.74) is -1.41.